The Morgan fingerprint density at radius 2 is 2.21 bits per heavy atom. The monoisotopic (exact) mass is 324 g/mol. The SMILES string of the molecule is CNC(=O)Cn1cc(-c2cc(Oc3cccc(N)c3)ncn2)cn1. The summed E-state index contributed by atoms with van der Waals surface area (Å²) in [6.07, 6.45) is 4.78. The Morgan fingerprint density at radius 3 is 3.00 bits per heavy atom. The minimum atomic E-state index is -0.127. The number of likely N-dealkylation sites (N-methyl/N-ethyl adjacent to an activating group) is 1. The van der Waals surface area contributed by atoms with Crippen molar-refractivity contribution in [3.63, 3.8) is 0 Å². The zero-order valence-electron chi connectivity index (χ0n) is 13.0. The van der Waals surface area contributed by atoms with Crippen LogP contribution in [0.4, 0.5) is 5.69 Å². The van der Waals surface area contributed by atoms with Gasteiger partial charge in [-0.3, -0.25) is 9.48 Å². The van der Waals surface area contributed by atoms with Crippen LogP contribution >= 0.6 is 0 Å². The normalized spacial score (nSPS) is 10.4. The van der Waals surface area contributed by atoms with Crippen LogP contribution in [0.5, 0.6) is 11.6 Å². The topological polar surface area (TPSA) is 108 Å². The van der Waals surface area contributed by atoms with Gasteiger partial charge in [0.25, 0.3) is 0 Å². The van der Waals surface area contributed by atoms with E-state index in [-0.39, 0.29) is 12.5 Å². The molecule has 2 heterocycles. The number of nitrogen functional groups attached to an aromatic ring is 1. The number of hydrogen-bond donors (Lipinski definition) is 2. The van der Waals surface area contributed by atoms with Crippen molar-refractivity contribution in [2.24, 2.45) is 0 Å². The standard InChI is InChI=1S/C16H16N6O2/c1-18-15(23)9-22-8-11(7-21-22)14-6-16(20-10-19-14)24-13-4-2-3-12(17)5-13/h2-8,10H,9,17H2,1H3,(H,18,23). The molecule has 0 fully saturated rings. The molecule has 122 valence electrons. The van der Waals surface area contributed by atoms with Crippen molar-refractivity contribution in [2.45, 2.75) is 6.54 Å². The van der Waals surface area contributed by atoms with E-state index in [1.54, 1.807) is 49.8 Å². The number of carbonyl (C=O) groups is 1. The van der Waals surface area contributed by atoms with E-state index in [4.69, 9.17) is 10.5 Å². The predicted octanol–water partition coefficient (Wildman–Crippen LogP) is 1.46. The van der Waals surface area contributed by atoms with Gasteiger partial charge in [0.15, 0.2) is 0 Å². The first-order valence-corrected chi connectivity index (χ1v) is 7.23. The van der Waals surface area contributed by atoms with Crippen LogP contribution in [-0.4, -0.2) is 32.7 Å². The zero-order chi connectivity index (χ0) is 16.9. The summed E-state index contributed by atoms with van der Waals surface area (Å²) in [5, 5.41) is 6.69. The molecular formula is C16H16N6O2. The Hall–Kier alpha value is -3.42. The second-order valence-corrected chi connectivity index (χ2v) is 5.02. The van der Waals surface area contributed by atoms with E-state index < -0.39 is 0 Å². The summed E-state index contributed by atoms with van der Waals surface area (Å²) in [5.41, 5.74) is 7.75. The van der Waals surface area contributed by atoms with Gasteiger partial charge < -0.3 is 15.8 Å². The van der Waals surface area contributed by atoms with Gasteiger partial charge in [-0.05, 0) is 12.1 Å². The second-order valence-electron chi connectivity index (χ2n) is 5.02. The molecule has 0 spiro atoms. The summed E-state index contributed by atoms with van der Waals surface area (Å²) in [4.78, 5) is 19.7. The first-order chi connectivity index (χ1) is 11.6. The van der Waals surface area contributed by atoms with E-state index >= 15 is 0 Å². The van der Waals surface area contributed by atoms with Crippen LogP contribution in [0.1, 0.15) is 0 Å². The molecule has 1 amide bonds. The lowest BCUT2D eigenvalue weighted by atomic mass is 10.2. The third-order valence-electron chi connectivity index (χ3n) is 3.24. The lowest BCUT2D eigenvalue weighted by Gasteiger charge is -2.06. The first kappa shape index (κ1) is 15.5. The maximum atomic E-state index is 11.4. The Kier molecular flexibility index (Phi) is 4.37. The summed E-state index contributed by atoms with van der Waals surface area (Å²) < 4.78 is 7.22. The highest BCUT2D eigenvalue weighted by molar-refractivity contribution is 5.75. The van der Waals surface area contributed by atoms with Gasteiger partial charge in [-0.15, -0.1) is 0 Å². The predicted molar refractivity (Wildman–Crippen MR) is 88.2 cm³/mol. The molecule has 24 heavy (non-hydrogen) atoms. The van der Waals surface area contributed by atoms with Gasteiger partial charge in [0, 0.05) is 36.6 Å². The highest BCUT2D eigenvalue weighted by Crippen LogP contribution is 2.24. The van der Waals surface area contributed by atoms with Crippen LogP contribution in [-0.2, 0) is 11.3 Å². The van der Waals surface area contributed by atoms with Crippen LogP contribution in [0.3, 0.4) is 0 Å². The number of anilines is 1. The number of aromatic nitrogens is 4. The number of rotatable bonds is 5. The highest BCUT2D eigenvalue weighted by atomic mass is 16.5. The van der Waals surface area contributed by atoms with E-state index in [1.165, 1.54) is 11.0 Å². The molecule has 0 atom stereocenters. The molecule has 0 aliphatic carbocycles. The summed E-state index contributed by atoms with van der Waals surface area (Å²) in [5.74, 6) is 0.859. The maximum absolute atomic E-state index is 11.4. The van der Waals surface area contributed by atoms with E-state index in [1.807, 2.05) is 0 Å². The smallest absolute Gasteiger partial charge is 0.241 e. The molecule has 0 aliphatic rings. The molecule has 0 saturated heterocycles. The third kappa shape index (κ3) is 3.67. The molecule has 0 radical (unpaired) electrons. The fraction of sp³-hybridized carbons (Fsp3) is 0.125. The highest BCUT2D eigenvalue weighted by Gasteiger charge is 2.08. The van der Waals surface area contributed by atoms with E-state index in [2.05, 4.69) is 20.4 Å². The van der Waals surface area contributed by atoms with Gasteiger partial charge >= 0.3 is 0 Å². The van der Waals surface area contributed by atoms with Gasteiger partial charge in [-0.2, -0.15) is 5.10 Å². The van der Waals surface area contributed by atoms with Gasteiger partial charge in [0.05, 0.1) is 11.9 Å². The average Bonchev–Trinajstić information content (AvgIpc) is 3.03. The average molecular weight is 324 g/mol. The molecule has 1 aromatic carbocycles. The van der Waals surface area contributed by atoms with Crippen LogP contribution in [0.2, 0.25) is 0 Å². The number of amides is 1. The van der Waals surface area contributed by atoms with Gasteiger partial charge in [-0.1, -0.05) is 6.07 Å². The van der Waals surface area contributed by atoms with E-state index in [9.17, 15) is 4.79 Å². The van der Waals surface area contributed by atoms with Crippen molar-refractivity contribution in [2.75, 3.05) is 12.8 Å². The van der Waals surface area contributed by atoms with E-state index in [0.29, 0.717) is 23.0 Å². The van der Waals surface area contributed by atoms with Crippen LogP contribution in [0.25, 0.3) is 11.3 Å². The molecule has 8 nitrogen and oxygen atoms in total. The Morgan fingerprint density at radius 1 is 1.33 bits per heavy atom. The minimum absolute atomic E-state index is 0.127. The Bertz CT molecular complexity index is 861. The first-order valence-electron chi connectivity index (χ1n) is 7.23. The van der Waals surface area contributed by atoms with Crippen molar-refractivity contribution in [3.8, 4) is 22.9 Å². The second kappa shape index (κ2) is 6.78. The quantitative estimate of drug-likeness (QED) is 0.688. The van der Waals surface area contributed by atoms with Crippen molar-refractivity contribution >= 4 is 11.6 Å². The van der Waals surface area contributed by atoms with Crippen molar-refractivity contribution < 1.29 is 9.53 Å². The fourth-order valence-corrected chi connectivity index (χ4v) is 2.06. The number of carbonyl (C=O) groups excluding carboxylic acids is 1. The Balaban J connectivity index is 1.79. The fourth-order valence-electron chi connectivity index (χ4n) is 2.06. The molecule has 8 heteroatoms. The van der Waals surface area contributed by atoms with Gasteiger partial charge in [-0.25, -0.2) is 9.97 Å². The summed E-state index contributed by atoms with van der Waals surface area (Å²) in [7, 11) is 1.58. The number of hydrogen-bond acceptors (Lipinski definition) is 6. The Labute approximate surface area is 138 Å². The van der Waals surface area contributed by atoms with Crippen LogP contribution in [0.15, 0.2) is 49.1 Å². The maximum Gasteiger partial charge on any atom is 0.241 e. The van der Waals surface area contributed by atoms with Crippen LogP contribution in [0, 0.1) is 0 Å². The largest absolute Gasteiger partial charge is 0.439 e. The molecule has 0 aliphatic heterocycles. The zero-order valence-corrected chi connectivity index (χ0v) is 13.0. The van der Waals surface area contributed by atoms with Crippen molar-refractivity contribution in [1.82, 2.24) is 25.1 Å². The molecule has 3 rings (SSSR count). The molecule has 0 bridgehead atoms. The van der Waals surface area contributed by atoms with Gasteiger partial charge in [0.2, 0.25) is 11.8 Å². The van der Waals surface area contributed by atoms with Crippen molar-refractivity contribution in [3.05, 3.63) is 49.1 Å². The lowest BCUT2D eigenvalue weighted by molar-refractivity contribution is -0.121. The lowest BCUT2D eigenvalue weighted by Crippen LogP contribution is -2.23. The molecule has 0 unspecified atom stereocenters. The minimum Gasteiger partial charge on any atom is -0.439 e. The van der Waals surface area contributed by atoms with E-state index in [0.717, 1.165) is 5.56 Å². The molecule has 0 saturated carbocycles. The number of nitrogens with one attached hydrogen (secondary N) is 1. The summed E-state index contributed by atoms with van der Waals surface area (Å²) in [6, 6.07) is 8.78. The molecule has 2 aromatic heterocycles. The summed E-state index contributed by atoms with van der Waals surface area (Å²) in [6.45, 7) is 0.147. The molecular weight excluding hydrogens is 308 g/mol. The molecule has 3 N–H and O–H groups in total. The number of nitrogens with zero attached hydrogens (tertiary/aromatic N) is 4. The number of nitrogens with two attached hydrogens (primary N) is 1. The van der Waals surface area contributed by atoms with Gasteiger partial charge in [0.1, 0.15) is 18.6 Å². The number of benzene rings is 1. The van der Waals surface area contributed by atoms with Crippen molar-refractivity contribution in [1.29, 1.82) is 0 Å². The number of ether oxygens (including phenoxy) is 1. The summed E-state index contributed by atoms with van der Waals surface area (Å²) >= 11 is 0. The third-order valence-corrected chi connectivity index (χ3v) is 3.24. The van der Waals surface area contributed by atoms with Crippen LogP contribution < -0.4 is 15.8 Å². The molecule has 3 aromatic rings.